The maximum atomic E-state index is 4.00. The average Bonchev–Trinajstić information content (AvgIpc) is 3.43. The third-order valence-electron chi connectivity index (χ3n) is 7.31. The number of nitrogens with two attached hydrogens (primary N) is 2. The normalized spacial score (nSPS) is 12.2. The molecular formula is C38H34N2S. The molecule has 0 saturated carbocycles. The van der Waals surface area contributed by atoms with Crippen molar-refractivity contribution in [2.24, 2.45) is 11.7 Å². The summed E-state index contributed by atoms with van der Waals surface area (Å²) < 4.78 is 2.67. The Balaban J connectivity index is 0.00000165. The zero-order valence-electron chi connectivity index (χ0n) is 23.3. The zero-order chi connectivity index (χ0) is 28.6. The molecule has 0 aliphatic heterocycles. The molecule has 5 aromatic carbocycles. The van der Waals surface area contributed by atoms with Gasteiger partial charge in [0.25, 0.3) is 0 Å². The molecule has 0 aliphatic carbocycles. The fourth-order valence-corrected chi connectivity index (χ4v) is 6.41. The lowest BCUT2D eigenvalue weighted by molar-refractivity contribution is 1.26. The van der Waals surface area contributed by atoms with E-state index >= 15 is 0 Å². The molecule has 0 aliphatic rings. The first-order valence-electron chi connectivity index (χ1n) is 13.7. The lowest BCUT2D eigenvalue weighted by Crippen LogP contribution is -2.02. The predicted molar refractivity (Wildman–Crippen MR) is 182 cm³/mol. The first kappa shape index (κ1) is 28.0. The molecule has 2 nitrogen and oxygen atoms in total. The minimum atomic E-state index is 0.856. The second-order valence-corrected chi connectivity index (χ2v) is 10.8. The Kier molecular flexibility index (Phi) is 9.02. The quantitative estimate of drug-likeness (QED) is 0.118. The average molecular weight is 551 g/mol. The van der Waals surface area contributed by atoms with Crippen LogP contribution in [0.15, 0.2) is 152 Å². The van der Waals surface area contributed by atoms with Crippen molar-refractivity contribution in [2.45, 2.75) is 13.3 Å². The number of rotatable bonds is 7. The summed E-state index contributed by atoms with van der Waals surface area (Å²) in [5.74, 6) is 8.00. The second-order valence-electron chi connectivity index (χ2n) is 9.70. The van der Waals surface area contributed by atoms with Gasteiger partial charge in [0.1, 0.15) is 0 Å². The number of thiophene rings is 1. The van der Waals surface area contributed by atoms with E-state index in [1.165, 1.54) is 64.3 Å². The number of hydrogen-bond acceptors (Lipinski definition) is 3. The molecule has 0 saturated heterocycles. The van der Waals surface area contributed by atoms with Crippen LogP contribution in [0.25, 0.3) is 47.6 Å². The van der Waals surface area contributed by atoms with Crippen LogP contribution in [-0.4, -0.2) is 0 Å². The largest absolute Gasteiger partial charge is 0.274 e. The number of allylic oxidation sites excluding steroid dienone is 6. The van der Waals surface area contributed by atoms with Crippen molar-refractivity contribution in [2.75, 3.05) is 0 Å². The Morgan fingerprint density at radius 2 is 1.46 bits per heavy atom. The van der Waals surface area contributed by atoms with Crippen LogP contribution in [0.5, 0.6) is 0 Å². The smallest absolute Gasteiger partial charge is 0.0361 e. The summed E-state index contributed by atoms with van der Waals surface area (Å²) in [5, 5.41) is 5.31. The topological polar surface area (TPSA) is 52.0 Å². The van der Waals surface area contributed by atoms with Crippen molar-refractivity contribution in [1.29, 1.82) is 0 Å². The molecule has 0 atom stereocenters. The molecule has 1 aromatic heterocycles. The van der Waals surface area contributed by atoms with Gasteiger partial charge in [0, 0.05) is 20.2 Å². The van der Waals surface area contributed by atoms with E-state index in [1.54, 1.807) is 0 Å². The summed E-state index contributed by atoms with van der Waals surface area (Å²) >= 11 is 1.88. The van der Waals surface area contributed by atoms with Gasteiger partial charge in [-0.15, -0.1) is 11.3 Å². The number of hydrazine groups is 1. The highest BCUT2D eigenvalue weighted by Crippen LogP contribution is 2.40. The molecule has 41 heavy (non-hydrogen) atoms. The Labute approximate surface area is 246 Å². The molecule has 202 valence electrons. The third-order valence-corrected chi connectivity index (χ3v) is 8.45. The summed E-state index contributed by atoms with van der Waals surface area (Å²) in [6, 6.07) is 39.8. The summed E-state index contributed by atoms with van der Waals surface area (Å²) in [6.45, 7) is 5.90. The van der Waals surface area contributed by atoms with Crippen LogP contribution in [0.1, 0.15) is 24.5 Å². The van der Waals surface area contributed by atoms with Gasteiger partial charge in [0.15, 0.2) is 0 Å². The van der Waals surface area contributed by atoms with E-state index in [0.29, 0.717) is 0 Å². The maximum Gasteiger partial charge on any atom is 0.0361 e. The van der Waals surface area contributed by atoms with E-state index in [1.807, 2.05) is 23.5 Å². The van der Waals surface area contributed by atoms with Gasteiger partial charge < -0.3 is 0 Å². The molecule has 0 radical (unpaired) electrons. The minimum absolute atomic E-state index is 0.856. The number of fused-ring (bicyclic) bond motifs is 5. The van der Waals surface area contributed by atoms with E-state index in [2.05, 4.69) is 153 Å². The molecule has 0 amide bonds. The summed E-state index contributed by atoms with van der Waals surface area (Å²) in [7, 11) is 0. The van der Waals surface area contributed by atoms with E-state index in [0.717, 1.165) is 6.42 Å². The van der Waals surface area contributed by atoms with Crippen LogP contribution in [0, 0.1) is 0 Å². The van der Waals surface area contributed by atoms with E-state index < -0.39 is 0 Å². The van der Waals surface area contributed by atoms with Gasteiger partial charge in [-0.1, -0.05) is 122 Å². The third kappa shape index (κ3) is 5.98. The Bertz CT molecular complexity index is 1910. The van der Waals surface area contributed by atoms with Gasteiger partial charge >= 0.3 is 0 Å². The fourth-order valence-electron chi connectivity index (χ4n) is 5.31. The predicted octanol–water partition coefficient (Wildman–Crippen LogP) is 10.2. The molecule has 0 spiro atoms. The molecule has 6 rings (SSSR count). The van der Waals surface area contributed by atoms with Crippen LogP contribution in [0.2, 0.25) is 0 Å². The monoisotopic (exact) mass is 550 g/mol. The second kappa shape index (κ2) is 13.2. The number of benzene rings is 5. The first-order valence-corrected chi connectivity index (χ1v) is 14.5. The van der Waals surface area contributed by atoms with Crippen molar-refractivity contribution in [3.8, 4) is 11.1 Å². The Morgan fingerprint density at radius 3 is 2.27 bits per heavy atom. The SMILES string of the molecule is C=C/C=C\C(=C/C)C/C=C(\c1ccccc1)c1cccc(-c2ccc3sc4ccc5ccccc5c4c3c2)c1.NN. The van der Waals surface area contributed by atoms with Gasteiger partial charge in [-0.3, -0.25) is 11.7 Å². The molecule has 4 N–H and O–H groups in total. The standard InChI is InChI=1S/C38H30S.H4N2/c1-3-5-12-27(4-2)19-22-33(28-13-7-6-8-14-28)32-17-11-16-30(25-32)31-21-23-36-35(26-31)38-34-18-10-9-15-29(34)20-24-37(38)39-36;1-2/h3-18,20-26H,1,19H2,2H3;1-2H2/b12-5-,27-4+,33-22+;. The van der Waals surface area contributed by atoms with Gasteiger partial charge in [0.05, 0.1) is 0 Å². The van der Waals surface area contributed by atoms with Crippen molar-refractivity contribution in [1.82, 2.24) is 0 Å². The highest BCUT2D eigenvalue weighted by Gasteiger charge is 2.12. The zero-order valence-corrected chi connectivity index (χ0v) is 24.1. The Morgan fingerprint density at radius 1 is 0.732 bits per heavy atom. The minimum Gasteiger partial charge on any atom is -0.274 e. The molecule has 3 heteroatoms. The highest BCUT2D eigenvalue weighted by atomic mass is 32.1. The Hall–Kier alpha value is -4.54. The van der Waals surface area contributed by atoms with Crippen molar-refractivity contribution in [3.63, 3.8) is 0 Å². The van der Waals surface area contributed by atoms with E-state index in [-0.39, 0.29) is 0 Å². The van der Waals surface area contributed by atoms with Crippen LogP contribution in [0.3, 0.4) is 0 Å². The molecule has 1 heterocycles. The fraction of sp³-hybridized carbons (Fsp3) is 0.0526. The number of hydrogen-bond donors (Lipinski definition) is 2. The van der Waals surface area contributed by atoms with Gasteiger partial charge in [0.2, 0.25) is 0 Å². The molecule has 6 aromatic rings. The molecule has 0 fully saturated rings. The first-order chi connectivity index (χ1) is 20.2. The van der Waals surface area contributed by atoms with E-state index in [4.69, 9.17) is 0 Å². The van der Waals surface area contributed by atoms with Crippen molar-refractivity contribution < 1.29 is 0 Å². The van der Waals surface area contributed by atoms with Crippen molar-refractivity contribution in [3.05, 3.63) is 163 Å². The van der Waals surface area contributed by atoms with Crippen LogP contribution < -0.4 is 11.7 Å². The van der Waals surface area contributed by atoms with Crippen LogP contribution in [-0.2, 0) is 0 Å². The van der Waals surface area contributed by atoms with Gasteiger partial charge in [-0.2, -0.15) is 0 Å². The molecular weight excluding hydrogens is 516 g/mol. The lowest BCUT2D eigenvalue weighted by Gasteiger charge is -2.12. The van der Waals surface area contributed by atoms with Crippen LogP contribution >= 0.6 is 11.3 Å². The van der Waals surface area contributed by atoms with E-state index in [9.17, 15) is 0 Å². The maximum absolute atomic E-state index is 4.00. The van der Waals surface area contributed by atoms with Gasteiger partial charge in [-0.05, 0) is 81.8 Å². The molecule has 0 bridgehead atoms. The summed E-state index contributed by atoms with van der Waals surface area (Å²) in [4.78, 5) is 0. The summed E-state index contributed by atoms with van der Waals surface area (Å²) in [5.41, 5.74) is 7.44. The van der Waals surface area contributed by atoms with Crippen LogP contribution in [0.4, 0.5) is 0 Å². The highest BCUT2D eigenvalue weighted by molar-refractivity contribution is 7.26. The lowest BCUT2D eigenvalue weighted by atomic mass is 9.92. The molecule has 0 unspecified atom stereocenters. The van der Waals surface area contributed by atoms with Gasteiger partial charge in [-0.25, -0.2) is 0 Å². The summed E-state index contributed by atoms with van der Waals surface area (Å²) in [6.07, 6.45) is 11.3. The van der Waals surface area contributed by atoms with Crippen molar-refractivity contribution >= 4 is 47.9 Å².